The minimum atomic E-state index is -0.640. The minimum absolute atomic E-state index is 0.0798. The molecule has 9 heteroatoms. The molecule has 0 aliphatic carbocycles. The number of aliphatic imine (C=N–C) groups is 2. The van der Waals surface area contributed by atoms with Crippen molar-refractivity contribution in [1.29, 1.82) is 0 Å². The molecule has 0 aromatic heterocycles. The average Bonchev–Trinajstić information content (AvgIpc) is 3.18. The lowest BCUT2D eigenvalue weighted by atomic mass is 10.1. The van der Waals surface area contributed by atoms with E-state index in [1.807, 2.05) is 56.3 Å². The number of anilines is 2. The van der Waals surface area contributed by atoms with Gasteiger partial charge in [-0.2, -0.15) is 10.1 Å². The smallest absolute Gasteiger partial charge is 0.264 e. The number of amidine groups is 2. The van der Waals surface area contributed by atoms with Crippen LogP contribution in [0.1, 0.15) is 11.1 Å². The van der Waals surface area contributed by atoms with Crippen molar-refractivity contribution in [1.82, 2.24) is 0 Å². The van der Waals surface area contributed by atoms with Crippen molar-refractivity contribution in [2.45, 2.75) is 13.8 Å². The van der Waals surface area contributed by atoms with Crippen molar-refractivity contribution in [3.05, 3.63) is 53.6 Å². The van der Waals surface area contributed by atoms with Crippen LogP contribution in [0, 0.1) is 19.8 Å². The Hall–Kier alpha value is -3.46. The summed E-state index contributed by atoms with van der Waals surface area (Å²) in [6.45, 7) is 3.94. The third-order valence-electron chi connectivity index (χ3n) is 4.81. The molecule has 0 radical (unpaired) electrons. The topological polar surface area (TPSA) is 95.7 Å². The van der Waals surface area contributed by atoms with Crippen molar-refractivity contribution in [3.8, 4) is 5.75 Å². The van der Waals surface area contributed by atoms with Gasteiger partial charge in [-0.25, -0.2) is 10.0 Å². The first-order valence-electron chi connectivity index (χ1n) is 9.64. The molecule has 4 rings (SSSR count). The first-order chi connectivity index (χ1) is 15.0. The van der Waals surface area contributed by atoms with Gasteiger partial charge in [0.2, 0.25) is 5.91 Å². The van der Waals surface area contributed by atoms with Gasteiger partial charge < -0.3 is 10.1 Å². The van der Waals surface area contributed by atoms with Crippen LogP contribution in [-0.4, -0.2) is 41.9 Å². The van der Waals surface area contributed by atoms with E-state index < -0.39 is 5.92 Å². The summed E-state index contributed by atoms with van der Waals surface area (Å²) in [5.74, 6) is -0.0571. The first-order valence-corrected chi connectivity index (χ1v) is 10.6. The molecule has 0 saturated carbocycles. The van der Waals surface area contributed by atoms with Gasteiger partial charge in [0.05, 0.1) is 12.9 Å². The highest BCUT2D eigenvalue weighted by atomic mass is 32.2. The molecule has 8 nitrogen and oxygen atoms in total. The van der Waals surface area contributed by atoms with E-state index in [4.69, 9.17) is 4.74 Å². The predicted molar refractivity (Wildman–Crippen MR) is 124 cm³/mol. The lowest BCUT2D eigenvalue weighted by Gasteiger charge is -2.21. The van der Waals surface area contributed by atoms with Crippen LogP contribution in [0.4, 0.5) is 11.4 Å². The van der Waals surface area contributed by atoms with Crippen LogP contribution in [-0.2, 0) is 9.59 Å². The SMILES string of the molecule is COc1ccccc1N1N=CC2C(=O)N=C(SCC(=O)Nc3ccc(C)cc3C)N=C21. The van der Waals surface area contributed by atoms with E-state index >= 15 is 0 Å². The van der Waals surface area contributed by atoms with Crippen LogP contribution in [0.3, 0.4) is 0 Å². The molecule has 2 heterocycles. The van der Waals surface area contributed by atoms with E-state index in [1.165, 1.54) is 6.21 Å². The Balaban J connectivity index is 1.47. The van der Waals surface area contributed by atoms with Crippen LogP contribution < -0.4 is 15.1 Å². The number of benzene rings is 2. The number of amides is 2. The van der Waals surface area contributed by atoms with Crippen LogP contribution in [0.25, 0.3) is 0 Å². The average molecular weight is 436 g/mol. The van der Waals surface area contributed by atoms with E-state index in [0.717, 1.165) is 28.6 Å². The summed E-state index contributed by atoms with van der Waals surface area (Å²) in [5.41, 5.74) is 3.55. The van der Waals surface area contributed by atoms with Crippen LogP contribution >= 0.6 is 11.8 Å². The maximum atomic E-state index is 12.5. The standard InChI is InChI=1S/C22H21N5O3S/c1-13-8-9-16(14(2)10-13)24-19(28)12-31-22-25-20-15(21(29)26-22)11-23-27(20)17-6-4-5-7-18(17)30-3/h4-11,15H,12H2,1-3H3,(H,24,28). The van der Waals surface area contributed by atoms with Gasteiger partial charge in [0.25, 0.3) is 5.91 Å². The zero-order chi connectivity index (χ0) is 22.0. The molecule has 1 N–H and O–H groups in total. The minimum Gasteiger partial charge on any atom is -0.494 e. The quantitative estimate of drug-likeness (QED) is 0.777. The Kier molecular flexibility index (Phi) is 5.85. The molecule has 2 aromatic rings. The number of thioether (sulfide) groups is 1. The Labute approximate surface area is 184 Å². The zero-order valence-electron chi connectivity index (χ0n) is 17.3. The Morgan fingerprint density at radius 1 is 1.19 bits per heavy atom. The Morgan fingerprint density at radius 2 is 2.00 bits per heavy atom. The van der Waals surface area contributed by atoms with Gasteiger partial charge in [0, 0.05) is 11.9 Å². The number of hydrogen-bond donors (Lipinski definition) is 1. The second-order valence-electron chi connectivity index (χ2n) is 7.08. The molecular formula is C22H21N5O3S. The number of ether oxygens (including phenoxy) is 1. The number of nitrogens with zero attached hydrogens (tertiary/aromatic N) is 4. The largest absolute Gasteiger partial charge is 0.494 e. The van der Waals surface area contributed by atoms with Crippen LogP contribution in [0.15, 0.2) is 57.6 Å². The maximum Gasteiger partial charge on any atom is 0.264 e. The zero-order valence-corrected chi connectivity index (χ0v) is 18.1. The molecule has 0 bridgehead atoms. The molecule has 0 spiro atoms. The Morgan fingerprint density at radius 3 is 2.77 bits per heavy atom. The normalized spacial score (nSPS) is 17.2. The molecule has 158 valence electrons. The number of para-hydroxylation sites is 2. The summed E-state index contributed by atoms with van der Waals surface area (Å²) >= 11 is 1.11. The van der Waals surface area contributed by atoms with E-state index in [0.29, 0.717) is 17.3 Å². The van der Waals surface area contributed by atoms with Crippen molar-refractivity contribution < 1.29 is 14.3 Å². The van der Waals surface area contributed by atoms with E-state index in [1.54, 1.807) is 12.1 Å². The highest BCUT2D eigenvalue weighted by Gasteiger charge is 2.37. The van der Waals surface area contributed by atoms with E-state index in [9.17, 15) is 9.59 Å². The fourth-order valence-electron chi connectivity index (χ4n) is 3.29. The number of hydrogen-bond acceptors (Lipinski definition) is 7. The van der Waals surface area contributed by atoms with Crippen molar-refractivity contribution in [2.75, 3.05) is 23.2 Å². The Bertz CT molecular complexity index is 1140. The van der Waals surface area contributed by atoms with Gasteiger partial charge in [-0.15, -0.1) is 0 Å². The molecule has 2 amide bonds. The monoisotopic (exact) mass is 435 g/mol. The van der Waals surface area contributed by atoms with Gasteiger partial charge >= 0.3 is 0 Å². The highest BCUT2D eigenvalue weighted by Crippen LogP contribution is 2.33. The molecule has 2 aliphatic rings. The second-order valence-corrected chi connectivity index (χ2v) is 8.03. The van der Waals surface area contributed by atoms with Crippen molar-refractivity contribution in [3.63, 3.8) is 0 Å². The summed E-state index contributed by atoms with van der Waals surface area (Å²) in [4.78, 5) is 33.4. The van der Waals surface area contributed by atoms with Gasteiger partial charge in [0.1, 0.15) is 17.4 Å². The predicted octanol–water partition coefficient (Wildman–Crippen LogP) is 3.40. The van der Waals surface area contributed by atoms with E-state index in [2.05, 4.69) is 20.4 Å². The summed E-state index contributed by atoms with van der Waals surface area (Å²) in [6.07, 6.45) is 1.52. The lowest BCUT2D eigenvalue weighted by molar-refractivity contribution is -0.118. The molecular weight excluding hydrogens is 414 g/mol. The van der Waals surface area contributed by atoms with Gasteiger partial charge in [-0.3, -0.25) is 9.59 Å². The molecule has 1 unspecified atom stereocenters. The number of carbonyl (C=O) groups excluding carboxylic acids is 2. The number of aryl methyl sites for hydroxylation is 2. The van der Waals surface area contributed by atoms with Crippen molar-refractivity contribution in [2.24, 2.45) is 21.0 Å². The van der Waals surface area contributed by atoms with Crippen molar-refractivity contribution >= 4 is 52.2 Å². The van der Waals surface area contributed by atoms with Crippen LogP contribution in [0.5, 0.6) is 5.75 Å². The highest BCUT2D eigenvalue weighted by molar-refractivity contribution is 8.14. The second kappa shape index (κ2) is 8.73. The third-order valence-corrected chi connectivity index (χ3v) is 5.66. The summed E-state index contributed by atoms with van der Waals surface area (Å²) in [5, 5.41) is 9.02. The molecule has 0 fully saturated rings. The number of fused-ring (bicyclic) bond motifs is 1. The first kappa shape index (κ1) is 20.8. The summed E-state index contributed by atoms with van der Waals surface area (Å²) < 4.78 is 5.40. The number of hydrazone groups is 1. The number of methoxy groups -OCH3 is 1. The number of nitrogens with one attached hydrogen (secondary N) is 1. The molecule has 1 atom stereocenters. The fourth-order valence-corrected chi connectivity index (χ4v) is 3.94. The van der Waals surface area contributed by atoms with E-state index in [-0.39, 0.29) is 22.7 Å². The van der Waals surface area contributed by atoms with Gasteiger partial charge in [0.15, 0.2) is 11.0 Å². The molecule has 2 aromatic carbocycles. The summed E-state index contributed by atoms with van der Waals surface area (Å²) in [6, 6.07) is 13.2. The maximum absolute atomic E-state index is 12.5. The molecule has 31 heavy (non-hydrogen) atoms. The fraction of sp³-hybridized carbons (Fsp3) is 0.227. The van der Waals surface area contributed by atoms with Gasteiger partial charge in [-0.05, 0) is 37.6 Å². The molecule has 2 aliphatic heterocycles. The summed E-state index contributed by atoms with van der Waals surface area (Å²) in [7, 11) is 1.57. The number of carbonyl (C=O) groups is 2. The molecule has 0 saturated heterocycles. The third kappa shape index (κ3) is 4.36. The number of rotatable bonds is 5. The van der Waals surface area contributed by atoms with Gasteiger partial charge in [-0.1, -0.05) is 41.6 Å². The lowest BCUT2D eigenvalue weighted by Crippen LogP contribution is -2.34. The van der Waals surface area contributed by atoms with Crippen LogP contribution in [0.2, 0.25) is 0 Å².